The number of aromatic hydroxyl groups is 1. The minimum atomic E-state index is -0.606. The van der Waals surface area contributed by atoms with Gasteiger partial charge in [-0.15, -0.1) is 0 Å². The molecule has 1 aromatic carbocycles. The highest BCUT2D eigenvalue weighted by atomic mass is 35.5. The Labute approximate surface area is 262 Å². The first-order valence-corrected chi connectivity index (χ1v) is 15.2. The van der Waals surface area contributed by atoms with Crippen LogP contribution in [0.25, 0.3) is 28.0 Å². The maximum absolute atomic E-state index is 14.1. The first-order valence-electron chi connectivity index (χ1n) is 14.8. The molecule has 1 atom stereocenters. The summed E-state index contributed by atoms with van der Waals surface area (Å²) >= 11 is 6.90. The number of amides is 1. The Morgan fingerprint density at radius 2 is 1.84 bits per heavy atom. The summed E-state index contributed by atoms with van der Waals surface area (Å²) in [5.74, 6) is 0.511. The fraction of sp³-hybridized carbons (Fsp3) is 0.424. The number of carbonyl (C=O) groups excluding carboxylic acids is 1. The lowest BCUT2D eigenvalue weighted by Gasteiger charge is -2.41. The second kappa shape index (κ2) is 11.7. The van der Waals surface area contributed by atoms with Crippen LogP contribution in [0, 0.1) is 13.8 Å². The van der Waals surface area contributed by atoms with Crippen molar-refractivity contribution in [3.63, 3.8) is 0 Å². The third kappa shape index (κ3) is 5.83. The molecule has 232 valence electrons. The molecule has 5 rings (SSSR count). The Morgan fingerprint density at radius 1 is 1.11 bits per heavy atom. The van der Waals surface area contributed by atoms with Crippen LogP contribution in [0.2, 0.25) is 5.02 Å². The molecule has 1 N–H and O–H groups in total. The Kier molecular flexibility index (Phi) is 8.33. The van der Waals surface area contributed by atoms with Gasteiger partial charge in [-0.2, -0.15) is 4.98 Å². The Morgan fingerprint density at radius 3 is 2.50 bits per heavy atom. The molecule has 3 aromatic heterocycles. The Bertz CT molecular complexity index is 1810. The number of nitrogens with zero attached hydrogens (tertiary/aromatic N) is 6. The van der Waals surface area contributed by atoms with Gasteiger partial charge in [-0.25, -0.2) is 19.1 Å². The van der Waals surface area contributed by atoms with Crippen molar-refractivity contribution < 1.29 is 14.6 Å². The van der Waals surface area contributed by atoms with Gasteiger partial charge in [0.15, 0.2) is 5.65 Å². The number of ether oxygens (including phenoxy) is 1. The third-order valence-corrected chi connectivity index (χ3v) is 8.06. The summed E-state index contributed by atoms with van der Waals surface area (Å²) < 4.78 is 7.10. The van der Waals surface area contributed by atoms with Gasteiger partial charge in [0.05, 0.1) is 27.5 Å². The van der Waals surface area contributed by atoms with Gasteiger partial charge in [-0.05, 0) is 76.8 Å². The van der Waals surface area contributed by atoms with Crippen LogP contribution in [0.3, 0.4) is 0 Å². The van der Waals surface area contributed by atoms with Crippen LogP contribution in [0.5, 0.6) is 5.75 Å². The van der Waals surface area contributed by atoms with Crippen LogP contribution in [0.4, 0.5) is 10.6 Å². The first-order chi connectivity index (χ1) is 20.7. The molecule has 1 fully saturated rings. The van der Waals surface area contributed by atoms with E-state index in [0.29, 0.717) is 64.0 Å². The summed E-state index contributed by atoms with van der Waals surface area (Å²) in [4.78, 5) is 44.8. The minimum absolute atomic E-state index is 0.0140. The number of fused-ring (bicyclic) bond motifs is 1. The maximum Gasteiger partial charge on any atom is 0.410 e. The minimum Gasteiger partial charge on any atom is -0.507 e. The predicted octanol–water partition coefficient (Wildman–Crippen LogP) is 6.39. The second-order valence-corrected chi connectivity index (χ2v) is 13.1. The van der Waals surface area contributed by atoms with E-state index in [2.05, 4.69) is 9.97 Å². The van der Waals surface area contributed by atoms with Crippen LogP contribution in [0.15, 0.2) is 41.3 Å². The summed E-state index contributed by atoms with van der Waals surface area (Å²) in [6, 6.07) is 8.80. The summed E-state index contributed by atoms with van der Waals surface area (Å²) in [6.45, 7) is 16.5. The highest BCUT2D eigenvalue weighted by Gasteiger charge is 2.33. The van der Waals surface area contributed by atoms with Gasteiger partial charge in [0.25, 0.3) is 0 Å². The summed E-state index contributed by atoms with van der Waals surface area (Å²) in [5, 5.41) is 11.8. The van der Waals surface area contributed by atoms with Crippen LogP contribution in [-0.2, 0) is 4.74 Å². The van der Waals surface area contributed by atoms with Gasteiger partial charge in [-0.1, -0.05) is 37.6 Å². The molecule has 0 aliphatic carbocycles. The van der Waals surface area contributed by atoms with E-state index in [9.17, 15) is 14.7 Å². The van der Waals surface area contributed by atoms with Gasteiger partial charge in [-0.3, -0.25) is 4.98 Å². The average Bonchev–Trinajstić information content (AvgIpc) is 2.93. The predicted molar refractivity (Wildman–Crippen MR) is 173 cm³/mol. The van der Waals surface area contributed by atoms with Crippen molar-refractivity contribution >= 4 is 34.5 Å². The van der Waals surface area contributed by atoms with E-state index in [1.165, 1.54) is 4.57 Å². The zero-order valence-electron chi connectivity index (χ0n) is 26.5. The zero-order chi connectivity index (χ0) is 32.1. The molecule has 11 heteroatoms. The van der Waals surface area contributed by atoms with Crippen molar-refractivity contribution in [2.75, 3.05) is 24.5 Å². The molecule has 0 spiro atoms. The number of aromatic nitrogens is 4. The number of pyridine rings is 2. The highest BCUT2D eigenvalue weighted by molar-refractivity contribution is 6.34. The van der Waals surface area contributed by atoms with Crippen LogP contribution in [0.1, 0.15) is 64.3 Å². The molecule has 44 heavy (non-hydrogen) atoms. The molecule has 0 saturated carbocycles. The molecule has 1 unspecified atom stereocenters. The van der Waals surface area contributed by atoms with Gasteiger partial charge in [0.1, 0.15) is 17.2 Å². The quantitative estimate of drug-likeness (QED) is 0.280. The van der Waals surface area contributed by atoms with E-state index in [-0.39, 0.29) is 23.8 Å². The van der Waals surface area contributed by atoms with E-state index in [1.54, 1.807) is 36.2 Å². The summed E-state index contributed by atoms with van der Waals surface area (Å²) in [7, 11) is 0. The number of anilines is 1. The zero-order valence-corrected chi connectivity index (χ0v) is 27.2. The highest BCUT2D eigenvalue weighted by Crippen LogP contribution is 2.39. The van der Waals surface area contributed by atoms with Gasteiger partial charge in [0.2, 0.25) is 0 Å². The lowest BCUT2D eigenvalue weighted by atomic mass is 10.0. The molecule has 0 radical (unpaired) electrons. The van der Waals surface area contributed by atoms with Crippen LogP contribution >= 0.6 is 11.6 Å². The Hall–Kier alpha value is -4.18. The summed E-state index contributed by atoms with van der Waals surface area (Å²) in [5.41, 5.74) is 2.91. The topological polar surface area (TPSA) is 114 Å². The number of benzene rings is 1. The smallest absolute Gasteiger partial charge is 0.410 e. The fourth-order valence-corrected chi connectivity index (χ4v) is 5.87. The van der Waals surface area contributed by atoms with Crippen molar-refractivity contribution in [1.29, 1.82) is 0 Å². The van der Waals surface area contributed by atoms with Crippen molar-refractivity contribution in [3.05, 3.63) is 68.9 Å². The number of para-hydroxylation sites is 1. The van der Waals surface area contributed by atoms with Crippen LogP contribution in [-0.4, -0.2) is 66.9 Å². The number of hydrogen-bond donors (Lipinski definition) is 1. The van der Waals surface area contributed by atoms with Crippen LogP contribution < -0.4 is 10.6 Å². The molecule has 0 bridgehead atoms. The molecule has 10 nitrogen and oxygen atoms in total. The monoisotopic (exact) mass is 618 g/mol. The Balaban J connectivity index is 1.73. The van der Waals surface area contributed by atoms with E-state index in [0.717, 1.165) is 11.3 Å². The molecular weight excluding hydrogens is 580 g/mol. The average molecular weight is 619 g/mol. The van der Waals surface area contributed by atoms with Crippen molar-refractivity contribution in [3.8, 4) is 22.7 Å². The molecule has 4 heterocycles. The number of piperazine rings is 1. The van der Waals surface area contributed by atoms with Crippen molar-refractivity contribution in [1.82, 2.24) is 24.4 Å². The number of phenols is 1. The van der Waals surface area contributed by atoms with E-state index in [4.69, 9.17) is 21.3 Å². The molecule has 1 amide bonds. The van der Waals surface area contributed by atoms with Gasteiger partial charge in [0, 0.05) is 37.4 Å². The largest absolute Gasteiger partial charge is 0.507 e. The molecular formula is C33H39ClN6O4. The number of halogens is 1. The van der Waals surface area contributed by atoms with Crippen molar-refractivity contribution in [2.45, 2.75) is 73.0 Å². The molecule has 1 aliphatic rings. The SMILES string of the molecule is Cc1cccc(-c2nc3c(cc2Cl)c(N2CCN(C(=O)OC(C)(C)C)CC2C)nc(=O)n3-c2c(C)ccnc2C(C)C)c1O. The number of hydrogen-bond acceptors (Lipinski definition) is 8. The van der Waals surface area contributed by atoms with E-state index < -0.39 is 11.3 Å². The van der Waals surface area contributed by atoms with E-state index in [1.807, 2.05) is 65.5 Å². The van der Waals surface area contributed by atoms with E-state index >= 15 is 0 Å². The standard InChI is InChI=1S/C33H39ClN6O4/c1-18(2)25-27(19(3)12-13-35-25)40-30-23(16-24(34)26(36-30)22-11-9-10-20(4)28(22)41)29(37-31(40)42)39-15-14-38(17-21(39)5)32(43)44-33(6,7)8/h9-13,16,18,21,41H,14-15,17H2,1-8H3. The molecule has 4 aromatic rings. The van der Waals surface area contributed by atoms with Gasteiger partial charge < -0.3 is 19.6 Å². The lowest BCUT2D eigenvalue weighted by Crippen LogP contribution is -2.55. The number of rotatable bonds is 4. The van der Waals surface area contributed by atoms with Gasteiger partial charge >= 0.3 is 11.8 Å². The fourth-order valence-electron chi connectivity index (χ4n) is 5.61. The normalized spacial score (nSPS) is 15.7. The maximum atomic E-state index is 14.1. The number of carbonyl (C=O) groups is 1. The molecule has 1 saturated heterocycles. The second-order valence-electron chi connectivity index (χ2n) is 12.7. The lowest BCUT2D eigenvalue weighted by molar-refractivity contribution is 0.0218. The first kappa shape index (κ1) is 31.3. The summed E-state index contributed by atoms with van der Waals surface area (Å²) in [6.07, 6.45) is 1.35. The number of aryl methyl sites for hydroxylation is 2. The number of phenolic OH excluding ortho intramolecular Hbond substituents is 1. The third-order valence-electron chi connectivity index (χ3n) is 7.77. The van der Waals surface area contributed by atoms with Crippen molar-refractivity contribution in [2.24, 2.45) is 0 Å². The molecule has 1 aliphatic heterocycles.